The summed E-state index contributed by atoms with van der Waals surface area (Å²) in [5, 5.41) is 22.3. The normalized spacial score (nSPS) is 10.9. The molecular weight excluding hydrogens is 314 g/mol. The zero-order valence-electron chi connectivity index (χ0n) is 12.1. The molecule has 0 saturated carbocycles. The van der Waals surface area contributed by atoms with Crippen molar-refractivity contribution in [2.75, 3.05) is 5.32 Å². The Bertz CT molecular complexity index is 830. The molecule has 23 heavy (non-hydrogen) atoms. The maximum atomic E-state index is 12.0. The zero-order chi connectivity index (χ0) is 16.8. The van der Waals surface area contributed by atoms with Crippen molar-refractivity contribution in [2.24, 2.45) is 0 Å². The predicted molar refractivity (Wildman–Crippen MR) is 83.7 cm³/mol. The maximum Gasteiger partial charge on any atom is 0.338 e. The highest BCUT2D eigenvalue weighted by molar-refractivity contribution is 7.14. The molecule has 1 aromatic carbocycles. The number of hydrogen-bond donors (Lipinski definition) is 1. The van der Waals surface area contributed by atoms with Crippen LogP contribution in [0, 0.1) is 22.7 Å². The molecular formula is C16H11N3O3S. The van der Waals surface area contributed by atoms with E-state index in [1.807, 2.05) is 12.1 Å². The van der Waals surface area contributed by atoms with Gasteiger partial charge in [0.1, 0.15) is 11.1 Å². The number of amides is 1. The number of carbonyl (C=O) groups is 2. The van der Waals surface area contributed by atoms with Crippen LogP contribution in [-0.2, 0) is 9.53 Å². The summed E-state index contributed by atoms with van der Waals surface area (Å²) in [5.74, 6) is -1.23. The van der Waals surface area contributed by atoms with Crippen molar-refractivity contribution in [3.8, 4) is 12.1 Å². The molecule has 1 N–H and O–H groups in total. The van der Waals surface area contributed by atoms with Gasteiger partial charge in [-0.3, -0.25) is 4.79 Å². The molecule has 0 fully saturated rings. The molecule has 1 aromatic heterocycles. The van der Waals surface area contributed by atoms with Crippen LogP contribution >= 0.6 is 11.3 Å². The summed E-state index contributed by atoms with van der Waals surface area (Å²) >= 11 is 1.21. The lowest BCUT2D eigenvalue weighted by molar-refractivity contribution is -0.123. The molecule has 114 valence electrons. The van der Waals surface area contributed by atoms with Gasteiger partial charge in [0.05, 0.1) is 22.8 Å². The lowest BCUT2D eigenvalue weighted by Crippen LogP contribution is -2.29. The fourth-order valence-electron chi connectivity index (χ4n) is 1.71. The first-order valence-corrected chi connectivity index (χ1v) is 7.42. The van der Waals surface area contributed by atoms with Crippen LogP contribution in [0.2, 0.25) is 0 Å². The lowest BCUT2D eigenvalue weighted by Gasteiger charge is -2.13. The van der Waals surface area contributed by atoms with Crippen LogP contribution < -0.4 is 5.32 Å². The summed E-state index contributed by atoms with van der Waals surface area (Å²) in [7, 11) is 0. The number of nitrogens with zero attached hydrogens (tertiary/aromatic N) is 2. The van der Waals surface area contributed by atoms with E-state index in [1.54, 1.807) is 23.6 Å². The Hall–Kier alpha value is -3.16. The summed E-state index contributed by atoms with van der Waals surface area (Å²) < 4.78 is 5.08. The second-order valence-electron chi connectivity index (χ2n) is 4.50. The number of carbonyl (C=O) groups excluding carboxylic acids is 2. The number of thiophene rings is 1. The first-order valence-electron chi connectivity index (χ1n) is 6.54. The lowest BCUT2D eigenvalue weighted by atomic mass is 10.1. The van der Waals surface area contributed by atoms with Crippen molar-refractivity contribution < 1.29 is 14.3 Å². The van der Waals surface area contributed by atoms with E-state index in [0.717, 1.165) is 0 Å². The van der Waals surface area contributed by atoms with E-state index in [9.17, 15) is 9.59 Å². The van der Waals surface area contributed by atoms with E-state index in [0.29, 0.717) is 16.1 Å². The molecule has 0 radical (unpaired) electrons. The van der Waals surface area contributed by atoms with E-state index < -0.39 is 18.0 Å². The molecule has 2 rings (SSSR count). The van der Waals surface area contributed by atoms with Gasteiger partial charge in [-0.25, -0.2) is 4.79 Å². The second kappa shape index (κ2) is 7.21. The van der Waals surface area contributed by atoms with Crippen molar-refractivity contribution in [2.45, 2.75) is 13.0 Å². The Balaban J connectivity index is 2.02. The van der Waals surface area contributed by atoms with Crippen LogP contribution in [0.1, 0.15) is 28.4 Å². The van der Waals surface area contributed by atoms with Crippen LogP contribution in [0.3, 0.4) is 0 Å². The first-order chi connectivity index (χ1) is 11.0. The highest BCUT2D eigenvalue weighted by Gasteiger charge is 2.20. The van der Waals surface area contributed by atoms with Crippen molar-refractivity contribution in [1.82, 2.24) is 0 Å². The number of ether oxygens (including phenoxy) is 1. The van der Waals surface area contributed by atoms with Gasteiger partial charge in [-0.15, -0.1) is 11.3 Å². The minimum Gasteiger partial charge on any atom is -0.449 e. The molecule has 7 heteroatoms. The largest absolute Gasteiger partial charge is 0.449 e. The van der Waals surface area contributed by atoms with Gasteiger partial charge < -0.3 is 10.1 Å². The molecule has 1 amide bonds. The standard InChI is InChI=1S/C16H11N3O3S/c1-10(14(20)19-15-13(9-18)5-6-23-15)22-16(21)12-4-2-3-11(7-12)8-17/h2-7,10H,1H3,(H,19,20)/t10-/m1/s1. The van der Waals surface area contributed by atoms with Crippen molar-refractivity contribution in [3.05, 3.63) is 52.4 Å². The molecule has 1 heterocycles. The number of nitrogens with one attached hydrogen (secondary N) is 1. The van der Waals surface area contributed by atoms with Gasteiger partial charge in [0.25, 0.3) is 5.91 Å². The minimum atomic E-state index is -1.04. The molecule has 0 spiro atoms. The fourth-order valence-corrected chi connectivity index (χ4v) is 2.45. The van der Waals surface area contributed by atoms with Crippen LogP contribution in [0.5, 0.6) is 0 Å². The quantitative estimate of drug-likeness (QED) is 0.870. The van der Waals surface area contributed by atoms with Gasteiger partial charge >= 0.3 is 5.97 Å². The third-order valence-corrected chi connectivity index (χ3v) is 3.73. The van der Waals surface area contributed by atoms with E-state index in [-0.39, 0.29) is 5.56 Å². The second-order valence-corrected chi connectivity index (χ2v) is 5.42. The third-order valence-electron chi connectivity index (χ3n) is 2.90. The summed E-state index contributed by atoms with van der Waals surface area (Å²) in [6.07, 6.45) is -1.04. The third kappa shape index (κ3) is 3.94. The number of benzene rings is 1. The van der Waals surface area contributed by atoms with E-state index >= 15 is 0 Å². The van der Waals surface area contributed by atoms with E-state index in [1.165, 1.54) is 30.4 Å². The Labute approximate surface area is 136 Å². The monoisotopic (exact) mass is 325 g/mol. The molecule has 6 nitrogen and oxygen atoms in total. The Kier molecular flexibility index (Phi) is 5.08. The highest BCUT2D eigenvalue weighted by atomic mass is 32.1. The molecule has 1 atom stereocenters. The van der Waals surface area contributed by atoms with Gasteiger partial charge in [0.15, 0.2) is 6.10 Å². The Morgan fingerprint density at radius 3 is 2.74 bits per heavy atom. The predicted octanol–water partition coefficient (Wildman–Crippen LogP) is 2.68. The molecule has 0 aliphatic rings. The number of hydrogen-bond acceptors (Lipinski definition) is 6. The van der Waals surface area contributed by atoms with Gasteiger partial charge in [-0.05, 0) is 36.6 Å². The smallest absolute Gasteiger partial charge is 0.338 e. The van der Waals surface area contributed by atoms with Gasteiger partial charge in [-0.2, -0.15) is 10.5 Å². The van der Waals surface area contributed by atoms with E-state index in [2.05, 4.69) is 5.32 Å². The van der Waals surface area contributed by atoms with Gasteiger partial charge in [0.2, 0.25) is 0 Å². The number of rotatable bonds is 4. The molecule has 0 aliphatic heterocycles. The summed E-state index contributed by atoms with van der Waals surface area (Å²) in [6.45, 7) is 1.43. The number of anilines is 1. The van der Waals surface area contributed by atoms with Crippen molar-refractivity contribution in [1.29, 1.82) is 10.5 Å². The SMILES string of the molecule is C[C@@H](OC(=O)c1cccc(C#N)c1)C(=O)Nc1sccc1C#N. The average molecular weight is 325 g/mol. The minimum absolute atomic E-state index is 0.192. The van der Waals surface area contributed by atoms with Crippen LogP contribution in [0.4, 0.5) is 5.00 Å². The topological polar surface area (TPSA) is 103 Å². The molecule has 0 unspecified atom stereocenters. The van der Waals surface area contributed by atoms with E-state index in [4.69, 9.17) is 15.3 Å². The molecule has 0 bridgehead atoms. The highest BCUT2D eigenvalue weighted by Crippen LogP contribution is 2.22. The van der Waals surface area contributed by atoms with Gasteiger partial charge in [-0.1, -0.05) is 6.07 Å². The van der Waals surface area contributed by atoms with Crippen molar-refractivity contribution >= 4 is 28.2 Å². The Morgan fingerprint density at radius 1 is 1.26 bits per heavy atom. The van der Waals surface area contributed by atoms with Crippen LogP contribution in [-0.4, -0.2) is 18.0 Å². The first kappa shape index (κ1) is 16.2. The maximum absolute atomic E-state index is 12.0. The number of esters is 1. The van der Waals surface area contributed by atoms with Crippen LogP contribution in [0.15, 0.2) is 35.7 Å². The average Bonchev–Trinajstić information content (AvgIpc) is 3.01. The van der Waals surface area contributed by atoms with Crippen LogP contribution in [0.25, 0.3) is 0 Å². The van der Waals surface area contributed by atoms with Gasteiger partial charge in [0, 0.05) is 0 Å². The fraction of sp³-hybridized carbons (Fsp3) is 0.125. The molecule has 0 saturated heterocycles. The summed E-state index contributed by atoms with van der Waals surface area (Å²) in [4.78, 5) is 24.0. The Morgan fingerprint density at radius 2 is 2.04 bits per heavy atom. The molecule has 2 aromatic rings. The molecule has 0 aliphatic carbocycles. The van der Waals surface area contributed by atoms with Crippen molar-refractivity contribution in [3.63, 3.8) is 0 Å². The zero-order valence-corrected chi connectivity index (χ0v) is 12.9. The summed E-state index contributed by atoms with van der Waals surface area (Å²) in [5.41, 5.74) is 0.870. The summed E-state index contributed by atoms with van der Waals surface area (Å²) in [6, 6.07) is 11.5. The number of nitriles is 2.